The quantitative estimate of drug-likeness (QED) is 0.793. The zero-order valence-electron chi connectivity index (χ0n) is 13.4. The Morgan fingerprint density at radius 1 is 1.22 bits per heavy atom. The third kappa shape index (κ3) is 3.20. The predicted octanol–water partition coefficient (Wildman–Crippen LogP) is 2.21. The standard InChI is InChI=1S/C16H20N4O2S/c1-11-19-14-8-18-13-7-5-4-6-12(13)15(14)20(11)9-16(2,3)10-23(17,21)22/h4-8H,9-10H2,1-3H3,(H2,17,21,22). The summed E-state index contributed by atoms with van der Waals surface area (Å²) >= 11 is 0. The van der Waals surface area contributed by atoms with Crippen molar-refractivity contribution in [1.82, 2.24) is 14.5 Å². The van der Waals surface area contributed by atoms with E-state index in [2.05, 4.69) is 14.5 Å². The molecule has 2 N–H and O–H groups in total. The van der Waals surface area contributed by atoms with Crippen molar-refractivity contribution in [3.8, 4) is 0 Å². The van der Waals surface area contributed by atoms with Crippen LogP contribution in [-0.4, -0.2) is 28.7 Å². The van der Waals surface area contributed by atoms with Gasteiger partial charge in [0.15, 0.2) is 0 Å². The molecular formula is C16H20N4O2S. The van der Waals surface area contributed by atoms with Crippen molar-refractivity contribution in [1.29, 1.82) is 0 Å². The minimum absolute atomic E-state index is 0.0812. The van der Waals surface area contributed by atoms with Crippen LogP contribution in [0.4, 0.5) is 0 Å². The summed E-state index contributed by atoms with van der Waals surface area (Å²) in [5, 5.41) is 6.24. The maximum atomic E-state index is 11.5. The molecule has 0 atom stereocenters. The molecule has 1 aromatic carbocycles. The number of sulfonamides is 1. The number of hydrogen-bond acceptors (Lipinski definition) is 4. The SMILES string of the molecule is Cc1nc2cnc3ccccc3c2n1CC(C)(C)CS(N)(=O)=O. The molecule has 0 radical (unpaired) electrons. The number of rotatable bonds is 4. The van der Waals surface area contributed by atoms with E-state index in [-0.39, 0.29) is 5.75 Å². The largest absolute Gasteiger partial charge is 0.327 e. The van der Waals surface area contributed by atoms with Gasteiger partial charge in [0.05, 0.1) is 23.0 Å². The van der Waals surface area contributed by atoms with Crippen molar-refractivity contribution in [2.45, 2.75) is 27.3 Å². The summed E-state index contributed by atoms with van der Waals surface area (Å²) in [6.07, 6.45) is 1.76. The van der Waals surface area contributed by atoms with E-state index in [4.69, 9.17) is 5.14 Å². The second-order valence-corrected chi connectivity index (χ2v) is 8.34. The highest BCUT2D eigenvalue weighted by molar-refractivity contribution is 7.89. The smallest absolute Gasteiger partial charge is 0.209 e. The Morgan fingerprint density at radius 3 is 2.61 bits per heavy atom. The molecule has 0 fully saturated rings. The lowest BCUT2D eigenvalue weighted by Gasteiger charge is -2.25. The average molecular weight is 332 g/mol. The Balaban J connectivity index is 2.17. The molecule has 0 unspecified atom stereocenters. The van der Waals surface area contributed by atoms with E-state index in [1.165, 1.54) is 0 Å². The number of benzene rings is 1. The fourth-order valence-corrected chi connectivity index (χ4v) is 4.27. The molecule has 0 bridgehead atoms. The second-order valence-electron chi connectivity index (χ2n) is 6.73. The number of primary sulfonamides is 1. The van der Waals surface area contributed by atoms with Crippen molar-refractivity contribution in [3.05, 3.63) is 36.3 Å². The van der Waals surface area contributed by atoms with Gasteiger partial charge in [0.25, 0.3) is 0 Å². The lowest BCUT2D eigenvalue weighted by Crippen LogP contribution is -2.32. The Bertz CT molecular complexity index is 990. The summed E-state index contributed by atoms with van der Waals surface area (Å²) in [5.41, 5.74) is 2.18. The number of nitrogens with two attached hydrogens (primary N) is 1. The molecule has 0 aliphatic heterocycles. The Labute approximate surface area is 135 Å². The molecule has 122 valence electrons. The molecule has 2 aromatic heterocycles. The Hall–Kier alpha value is -1.99. The van der Waals surface area contributed by atoms with E-state index >= 15 is 0 Å². The molecule has 3 rings (SSSR count). The first-order valence-corrected chi connectivity index (χ1v) is 9.09. The van der Waals surface area contributed by atoms with Gasteiger partial charge in [-0.05, 0) is 18.4 Å². The van der Waals surface area contributed by atoms with Crippen LogP contribution < -0.4 is 5.14 Å². The van der Waals surface area contributed by atoms with Gasteiger partial charge in [-0.15, -0.1) is 0 Å². The van der Waals surface area contributed by atoms with Gasteiger partial charge in [0, 0.05) is 11.9 Å². The van der Waals surface area contributed by atoms with Crippen LogP contribution in [0.3, 0.4) is 0 Å². The van der Waals surface area contributed by atoms with Crippen LogP contribution in [0.25, 0.3) is 21.9 Å². The molecule has 3 aromatic rings. The number of hydrogen-bond donors (Lipinski definition) is 1. The summed E-state index contributed by atoms with van der Waals surface area (Å²) in [6, 6.07) is 7.87. The summed E-state index contributed by atoms with van der Waals surface area (Å²) in [5.74, 6) is 0.753. The molecule has 7 heteroatoms. The van der Waals surface area contributed by atoms with Gasteiger partial charge < -0.3 is 4.57 Å². The summed E-state index contributed by atoms with van der Waals surface area (Å²) < 4.78 is 25.0. The minimum Gasteiger partial charge on any atom is -0.327 e. The van der Waals surface area contributed by atoms with Crippen LogP contribution in [0.15, 0.2) is 30.5 Å². The third-order valence-electron chi connectivity index (χ3n) is 3.85. The molecule has 0 amide bonds. The van der Waals surface area contributed by atoms with Gasteiger partial charge >= 0.3 is 0 Å². The highest BCUT2D eigenvalue weighted by Crippen LogP contribution is 2.28. The minimum atomic E-state index is -3.54. The van der Waals surface area contributed by atoms with Crippen LogP contribution in [0.1, 0.15) is 19.7 Å². The van der Waals surface area contributed by atoms with E-state index in [0.29, 0.717) is 6.54 Å². The molecule has 0 aliphatic rings. The molecule has 0 saturated heterocycles. The molecule has 0 aliphatic carbocycles. The van der Waals surface area contributed by atoms with Gasteiger partial charge in [-0.25, -0.2) is 18.5 Å². The Kier molecular flexibility index (Phi) is 3.65. The zero-order valence-corrected chi connectivity index (χ0v) is 14.3. The third-order valence-corrected chi connectivity index (χ3v) is 5.03. The highest BCUT2D eigenvalue weighted by Gasteiger charge is 2.26. The monoisotopic (exact) mass is 332 g/mol. The lowest BCUT2D eigenvalue weighted by molar-refractivity contribution is 0.346. The topological polar surface area (TPSA) is 90.9 Å². The van der Waals surface area contributed by atoms with Crippen molar-refractivity contribution in [3.63, 3.8) is 0 Å². The number of para-hydroxylation sites is 1. The van der Waals surface area contributed by atoms with Crippen molar-refractivity contribution < 1.29 is 8.42 Å². The van der Waals surface area contributed by atoms with Gasteiger partial charge in [-0.1, -0.05) is 32.0 Å². The fraction of sp³-hybridized carbons (Fsp3) is 0.375. The van der Waals surface area contributed by atoms with E-state index in [0.717, 1.165) is 27.8 Å². The molecule has 6 nitrogen and oxygen atoms in total. The fourth-order valence-electron chi connectivity index (χ4n) is 3.09. The van der Waals surface area contributed by atoms with E-state index < -0.39 is 15.4 Å². The first-order chi connectivity index (χ1) is 10.7. The summed E-state index contributed by atoms with van der Waals surface area (Å²) in [4.78, 5) is 8.99. The first-order valence-electron chi connectivity index (χ1n) is 7.37. The lowest BCUT2D eigenvalue weighted by atomic mass is 9.96. The number of imidazole rings is 1. The van der Waals surface area contributed by atoms with Crippen LogP contribution in [0, 0.1) is 12.3 Å². The van der Waals surface area contributed by atoms with Crippen molar-refractivity contribution in [2.75, 3.05) is 5.75 Å². The van der Waals surface area contributed by atoms with Crippen LogP contribution in [-0.2, 0) is 16.6 Å². The Morgan fingerprint density at radius 2 is 1.91 bits per heavy atom. The average Bonchev–Trinajstić information content (AvgIpc) is 2.72. The van der Waals surface area contributed by atoms with Crippen molar-refractivity contribution >= 4 is 32.0 Å². The molecular weight excluding hydrogens is 312 g/mol. The van der Waals surface area contributed by atoms with E-state index in [1.807, 2.05) is 45.0 Å². The number of fused-ring (bicyclic) bond motifs is 3. The molecule has 2 heterocycles. The van der Waals surface area contributed by atoms with Crippen LogP contribution in [0.2, 0.25) is 0 Å². The van der Waals surface area contributed by atoms with Gasteiger partial charge in [-0.3, -0.25) is 4.98 Å². The van der Waals surface area contributed by atoms with Gasteiger partial charge in [0.2, 0.25) is 10.0 Å². The van der Waals surface area contributed by atoms with E-state index in [9.17, 15) is 8.42 Å². The maximum Gasteiger partial charge on any atom is 0.209 e. The molecule has 23 heavy (non-hydrogen) atoms. The normalized spacial score (nSPS) is 13.0. The number of nitrogens with zero attached hydrogens (tertiary/aromatic N) is 3. The summed E-state index contributed by atoms with van der Waals surface area (Å²) in [6.45, 7) is 6.22. The van der Waals surface area contributed by atoms with Crippen LogP contribution in [0.5, 0.6) is 0 Å². The highest BCUT2D eigenvalue weighted by atomic mass is 32.2. The van der Waals surface area contributed by atoms with E-state index in [1.54, 1.807) is 6.20 Å². The number of pyridine rings is 1. The number of aromatic nitrogens is 3. The second kappa shape index (κ2) is 5.28. The molecule has 0 saturated carbocycles. The zero-order chi connectivity index (χ0) is 16.8. The summed E-state index contributed by atoms with van der Waals surface area (Å²) in [7, 11) is -3.54. The maximum absolute atomic E-state index is 11.5. The van der Waals surface area contributed by atoms with Gasteiger partial charge in [0.1, 0.15) is 11.3 Å². The number of aryl methyl sites for hydroxylation is 1. The predicted molar refractivity (Wildman–Crippen MR) is 91.5 cm³/mol. The van der Waals surface area contributed by atoms with Crippen LogP contribution >= 0.6 is 0 Å². The van der Waals surface area contributed by atoms with Crippen molar-refractivity contribution in [2.24, 2.45) is 10.6 Å². The molecule has 0 spiro atoms. The first kappa shape index (κ1) is 15.9. The van der Waals surface area contributed by atoms with Gasteiger partial charge in [-0.2, -0.15) is 0 Å².